The molecule has 2 nitrogen and oxygen atoms in total. The van der Waals surface area contributed by atoms with E-state index >= 15 is 0 Å². The summed E-state index contributed by atoms with van der Waals surface area (Å²) in [6.07, 6.45) is 10.2. The van der Waals surface area contributed by atoms with Crippen molar-refractivity contribution < 1.29 is 8.85 Å². The van der Waals surface area contributed by atoms with E-state index in [1.165, 1.54) is 5.57 Å². The van der Waals surface area contributed by atoms with Gasteiger partial charge in [0.1, 0.15) is 0 Å². The maximum atomic E-state index is 6.28. The van der Waals surface area contributed by atoms with E-state index in [2.05, 4.69) is 70.7 Å². The second-order valence-corrected chi connectivity index (χ2v) is 16.3. The molecule has 3 unspecified atom stereocenters. The van der Waals surface area contributed by atoms with E-state index in [4.69, 9.17) is 8.85 Å². The summed E-state index contributed by atoms with van der Waals surface area (Å²) < 4.78 is 12.5. The summed E-state index contributed by atoms with van der Waals surface area (Å²) in [5, 5.41) is 0. The van der Waals surface area contributed by atoms with Crippen LogP contribution in [0.3, 0.4) is 0 Å². The first-order valence-electron chi connectivity index (χ1n) is 7.56. The molecule has 0 aromatic rings. The van der Waals surface area contributed by atoms with Crippen LogP contribution >= 0.6 is 0 Å². The highest BCUT2D eigenvalue weighted by Gasteiger charge is 2.32. The van der Waals surface area contributed by atoms with Crippen LogP contribution in [0.1, 0.15) is 0 Å². The van der Waals surface area contributed by atoms with Gasteiger partial charge in [0, 0.05) is 5.92 Å². The van der Waals surface area contributed by atoms with Crippen LogP contribution in [0.4, 0.5) is 0 Å². The number of rotatable bonds is 8. The number of allylic oxidation sites excluding steroid dienone is 2. The van der Waals surface area contributed by atoms with Gasteiger partial charge in [-0.25, -0.2) is 0 Å². The second kappa shape index (κ2) is 7.05. The summed E-state index contributed by atoms with van der Waals surface area (Å²) in [6.45, 7) is 21.1. The van der Waals surface area contributed by atoms with E-state index in [-0.39, 0.29) is 18.1 Å². The predicted molar refractivity (Wildman–Crippen MR) is 97.5 cm³/mol. The minimum Gasteiger partial charge on any atom is -0.410 e. The molecule has 0 saturated heterocycles. The van der Waals surface area contributed by atoms with Crippen LogP contribution in [0.5, 0.6) is 0 Å². The Bertz CT molecular complexity index is 439. The lowest BCUT2D eigenvalue weighted by atomic mass is 9.92. The quantitative estimate of drug-likeness (QED) is 0.467. The Hall–Kier alpha value is -0.686. The van der Waals surface area contributed by atoms with Gasteiger partial charge in [-0.2, -0.15) is 0 Å². The lowest BCUT2D eigenvalue weighted by Gasteiger charge is -2.33. The molecule has 0 aliphatic heterocycles. The smallest absolute Gasteiger partial charge is 0.185 e. The molecule has 0 aromatic heterocycles. The van der Waals surface area contributed by atoms with Crippen LogP contribution in [0.2, 0.25) is 39.3 Å². The molecule has 0 radical (unpaired) electrons. The molecule has 1 aliphatic rings. The van der Waals surface area contributed by atoms with Gasteiger partial charge >= 0.3 is 0 Å². The summed E-state index contributed by atoms with van der Waals surface area (Å²) in [6, 6.07) is 0. The molecule has 0 aromatic carbocycles. The molecule has 4 heteroatoms. The maximum Gasteiger partial charge on any atom is 0.185 e. The number of hydrogen-bond acceptors (Lipinski definition) is 2. The first-order valence-corrected chi connectivity index (χ1v) is 14.4. The molecule has 1 aliphatic carbocycles. The molecule has 0 fully saturated rings. The highest BCUT2D eigenvalue weighted by atomic mass is 28.4. The Morgan fingerprint density at radius 1 is 1.00 bits per heavy atom. The summed E-state index contributed by atoms with van der Waals surface area (Å²) in [5.74, 6) is 0.202. The Labute approximate surface area is 132 Å². The SMILES string of the molecule is C=CC(O[Si](C)(C)C)C1=CC=CC1C(C=C)O[Si](C)(C)C. The van der Waals surface area contributed by atoms with E-state index in [0.717, 1.165) is 0 Å². The zero-order valence-corrected chi connectivity index (χ0v) is 16.3. The van der Waals surface area contributed by atoms with Gasteiger partial charge in [0.2, 0.25) is 0 Å². The third kappa shape index (κ3) is 5.90. The summed E-state index contributed by atoms with van der Waals surface area (Å²) >= 11 is 0. The fourth-order valence-corrected chi connectivity index (χ4v) is 4.46. The van der Waals surface area contributed by atoms with Gasteiger partial charge in [0.15, 0.2) is 16.6 Å². The Morgan fingerprint density at radius 3 is 2.00 bits per heavy atom. The van der Waals surface area contributed by atoms with Crippen molar-refractivity contribution >= 4 is 16.6 Å². The summed E-state index contributed by atoms with van der Waals surface area (Å²) in [4.78, 5) is 0. The molecule has 0 N–H and O–H groups in total. The van der Waals surface area contributed by atoms with Crippen LogP contribution in [0.15, 0.2) is 49.1 Å². The van der Waals surface area contributed by atoms with Gasteiger partial charge < -0.3 is 8.85 Å². The molecule has 0 saturated carbocycles. The molecule has 0 bridgehead atoms. The van der Waals surface area contributed by atoms with Crippen LogP contribution in [0, 0.1) is 5.92 Å². The minimum atomic E-state index is -1.63. The van der Waals surface area contributed by atoms with Gasteiger partial charge in [0.25, 0.3) is 0 Å². The van der Waals surface area contributed by atoms with Crippen molar-refractivity contribution in [2.45, 2.75) is 51.5 Å². The Morgan fingerprint density at radius 2 is 1.57 bits per heavy atom. The molecule has 0 spiro atoms. The van der Waals surface area contributed by atoms with Crippen molar-refractivity contribution in [3.8, 4) is 0 Å². The average Bonchev–Trinajstić information content (AvgIpc) is 2.79. The van der Waals surface area contributed by atoms with Crippen molar-refractivity contribution in [3.05, 3.63) is 49.1 Å². The van der Waals surface area contributed by atoms with Crippen LogP contribution in [-0.2, 0) is 8.85 Å². The maximum absolute atomic E-state index is 6.28. The molecule has 3 atom stereocenters. The third-order valence-corrected chi connectivity index (χ3v) is 5.03. The average molecular weight is 323 g/mol. The molecule has 0 heterocycles. The normalized spacial score (nSPS) is 21.8. The van der Waals surface area contributed by atoms with E-state index in [1.54, 1.807) is 0 Å². The van der Waals surface area contributed by atoms with Crippen molar-refractivity contribution in [1.82, 2.24) is 0 Å². The van der Waals surface area contributed by atoms with E-state index in [0.29, 0.717) is 0 Å². The Balaban J connectivity index is 2.92. The lowest BCUT2D eigenvalue weighted by Crippen LogP contribution is -2.38. The Kier molecular flexibility index (Phi) is 6.16. The zero-order chi connectivity index (χ0) is 16.3. The molecule has 118 valence electrons. The monoisotopic (exact) mass is 322 g/mol. The van der Waals surface area contributed by atoms with E-state index < -0.39 is 16.6 Å². The lowest BCUT2D eigenvalue weighted by molar-refractivity contribution is 0.191. The van der Waals surface area contributed by atoms with Crippen LogP contribution in [-0.4, -0.2) is 28.8 Å². The van der Waals surface area contributed by atoms with E-state index in [1.807, 2.05) is 12.2 Å². The van der Waals surface area contributed by atoms with Gasteiger partial charge in [-0.15, -0.1) is 13.2 Å². The summed E-state index contributed by atoms with van der Waals surface area (Å²) in [7, 11) is -3.25. The van der Waals surface area contributed by atoms with Crippen molar-refractivity contribution in [3.63, 3.8) is 0 Å². The largest absolute Gasteiger partial charge is 0.410 e. The topological polar surface area (TPSA) is 18.5 Å². The molecular formula is C17H30O2Si2. The van der Waals surface area contributed by atoms with Crippen molar-refractivity contribution in [2.24, 2.45) is 5.92 Å². The fraction of sp³-hybridized carbons (Fsp3) is 0.529. The van der Waals surface area contributed by atoms with Crippen LogP contribution in [0.25, 0.3) is 0 Å². The summed E-state index contributed by atoms with van der Waals surface area (Å²) in [5.41, 5.74) is 1.23. The van der Waals surface area contributed by atoms with Gasteiger partial charge in [-0.05, 0) is 44.9 Å². The van der Waals surface area contributed by atoms with Crippen molar-refractivity contribution in [1.29, 1.82) is 0 Å². The highest BCUT2D eigenvalue weighted by molar-refractivity contribution is 6.70. The first-order chi connectivity index (χ1) is 9.57. The first kappa shape index (κ1) is 18.4. The third-order valence-electron chi connectivity index (χ3n) is 3.09. The minimum absolute atomic E-state index is 0.00866. The molecule has 0 amide bonds. The standard InChI is InChI=1S/C17H30O2Si2/c1-9-16(18-20(3,4)5)14-12-11-13-15(14)17(10-2)19-21(6,7)8/h9-14,16-17H,1-2H2,3-8H3. The fourth-order valence-electron chi connectivity index (χ4n) is 2.40. The number of hydrogen-bond donors (Lipinski definition) is 0. The van der Waals surface area contributed by atoms with Gasteiger partial charge in [0.05, 0.1) is 12.2 Å². The van der Waals surface area contributed by atoms with Crippen LogP contribution < -0.4 is 0 Å². The second-order valence-electron chi connectivity index (χ2n) is 7.39. The van der Waals surface area contributed by atoms with Crippen molar-refractivity contribution in [2.75, 3.05) is 0 Å². The zero-order valence-electron chi connectivity index (χ0n) is 14.3. The predicted octanol–water partition coefficient (Wildman–Crippen LogP) is 4.91. The molecule has 1 rings (SSSR count). The highest BCUT2D eigenvalue weighted by Crippen LogP contribution is 2.32. The van der Waals surface area contributed by atoms with E-state index in [9.17, 15) is 0 Å². The molecular weight excluding hydrogens is 292 g/mol. The van der Waals surface area contributed by atoms with Gasteiger partial charge in [-0.3, -0.25) is 0 Å². The molecule has 21 heavy (non-hydrogen) atoms. The van der Waals surface area contributed by atoms with Gasteiger partial charge in [-0.1, -0.05) is 30.4 Å².